The van der Waals surface area contributed by atoms with E-state index in [-0.39, 0.29) is 17.9 Å². The van der Waals surface area contributed by atoms with Crippen LogP contribution in [0, 0.1) is 23.2 Å². The lowest BCUT2D eigenvalue weighted by Gasteiger charge is -2.39. The zero-order valence-corrected chi connectivity index (χ0v) is 16.3. The van der Waals surface area contributed by atoms with Gasteiger partial charge in [0.15, 0.2) is 0 Å². The van der Waals surface area contributed by atoms with Crippen LogP contribution >= 0.6 is 0 Å². The van der Waals surface area contributed by atoms with E-state index in [1.807, 2.05) is 30.0 Å². The highest BCUT2D eigenvalue weighted by atomic mass is 16.2. The summed E-state index contributed by atoms with van der Waals surface area (Å²) >= 11 is 0. The van der Waals surface area contributed by atoms with Crippen molar-refractivity contribution in [3.63, 3.8) is 0 Å². The number of nitrogens with zero attached hydrogens (tertiary/aromatic N) is 2. The maximum absolute atomic E-state index is 12.8. The van der Waals surface area contributed by atoms with Crippen molar-refractivity contribution in [2.75, 3.05) is 13.1 Å². The molecule has 1 saturated carbocycles. The maximum Gasteiger partial charge on any atom is 0.239 e. The molecular weight excluding hydrogens is 336 g/mol. The van der Waals surface area contributed by atoms with Crippen LogP contribution in [-0.4, -0.2) is 41.1 Å². The van der Waals surface area contributed by atoms with Gasteiger partial charge in [-0.1, -0.05) is 25.6 Å². The SMILES string of the molecule is C=C(c1cccnc1/C(C=N)=C\C)[C@H]1C[C@@H](C)CN(C(=O)[C@@H](N)C2CC2)C1. The molecular formula is C22H30N4O. The Morgan fingerprint density at radius 1 is 1.44 bits per heavy atom. The summed E-state index contributed by atoms with van der Waals surface area (Å²) in [7, 11) is 0. The summed E-state index contributed by atoms with van der Waals surface area (Å²) in [5, 5.41) is 7.66. The standard InChI is InChI=1S/C22H30N4O/c1-4-16(11-23)21-19(6-5-9-25-21)15(3)18-10-14(2)12-26(13-18)22(27)20(24)17-7-8-17/h4-6,9,11,14,17-18,20,23H,3,7-8,10,12-13,24H2,1-2H3/b16-4-,23-11?/t14-,18+,20+/m1/s1. The van der Waals surface area contributed by atoms with E-state index in [4.69, 9.17) is 11.1 Å². The van der Waals surface area contributed by atoms with E-state index >= 15 is 0 Å². The third-order valence-corrected chi connectivity index (χ3v) is 5.77. The lowest BCUT2D eigenvalue weighted by atomic mass is 9.81. The number of nitrogens with one attached hydrogen (secondary N) is 1. The molecule has 27 heavy (non-hydrogen) atoms. The molecule has 5 nitrogen and oxygen atoms in total. The van der Waals surface area contributed by atoms with Gasteiger partial charge in [-0.3, -0.25) is 9.78 Å². The van der Waals surface area contributed by atoms with E-state index < -0.39 is 0 Å². The summed E-state index contributed by atoms with van der Waals surface area (Å²) in [6.07, 6.45) is 8.09. The van der Waals surface area contributed by atoms with E-state index in [0.717, 1.165) is 48.2 Å². The number of rotatable bonds is 6. The average Bonchev–Trinajstić information content (AvgIpc) is 3.52. The van der Waals surface area contributed by atoms with Gasteiger partial charge in [0.25, 0.3) is 0 Å². The number of carbonyl (C=O) groups excluding carboxylic acids is 1. The number of pyridine rings is 1. The van der Waals surface area contributed by atoms with Crippen molar-refractivity contribution in [1.29, 1.82) is 5.41 Å². The van der Waals surface area contributed by atoms with Gasteiger partial charge in [0.1, 0.15) is 0 Å². The first kappa shape index (κ1) is 19.5. The van der Waals surface area contributed by atoms with Crippen LogP contribution < -0.4 is 5.73 Å². The summed E-state index contributed by atoms with van der Waals surface area (Å²) in [6.45, 7) is 9.88. The molecule has 2 heterocycles. The first-order chi connectivity index (χ1) is 13.0. The zero-order chi connectivity index (χ0) is 19.6. The van der Waals surface area contributed by atoms with Crippen molar-refractivity contribution in [3.8, 4) is 0 Å². The predicted octanol–water partition coefficient (Wildman–Crippen LogP) is 3.37. The fraction of sp³-hybridized carbons (Fsp3) is 0.500. The number of likely N-dealkylation sites (tertiary alicyclic amines) is 1. The molecule has 1 aliphatic heterocycles. The van der Waals surface area contributed by atoms with Gasteiger partial charge in [-0.15, -0.1) is 0 Å². The van der Waals surface area contributed by atoms with Gasteiger partial charge < -0.3 is 16.0 Å². The number of hydrogen-bond donors (Lipinski definition) is 2. The van der Waals surface area contributed by atoms with Crippen molar-refractivity contribution in [1.82, 2.24) is 9.88 Å². The highest BCUT2D eigenvalue weighted by molar-refractivity contribution is 6.09. The van der Waals surface area contributed by atoms with Crippen molar-refractivity contribution < 1.29 is 4.79 Å². The number of amides is 1. The topological polar surface area (TPSA) is 83.1 Å². The fourth-order valence-corrected chi connectivity index (χ4v) is 4.05. The number of carbonyl (C=O) groups is 1. The smallest absolute Gasteiger partial charge is 0.239 e. The third kappa shape index (κ3) is 4.19. The maximum atomic E-state index is 12.8. The molecule has 1 saturated heterocycles. The van der Waals surface area contributed by atoms with Gasteiger partial charge in [0.2, 0.25) is 5.91 Å². The number of hydrogen-bond acceptors (Lipinski definition) is 4. The molecule has 1 aromatic heterocycles. The van der Waals surface area contributed by atoms with Crippen LogP contribution in [0.1, 0.15) is 44.4 Å². The molecule has 0 bridgehead atoms. The second-order valence-corrected chi connectivity index (χ2v) is 7.96. The first-order valence-corrected chi connectivity index (χ1v) is 9.82. The van der Waals surface area contributed by atoms with Crippen LogP contribution in [0.2, 0.25) is 0 Å². The Balaban J connectivity index is 1.82. The Bertz CT molecular complexity index is 765. The van der Waals surface area contributed by atoms with Crippen LogP contribution in [0.15, 0.2) is 31.0 Å². The summed E-state index contributed by atoms with van der Waals surface area (Å²) in [4.78, 5) is 19.2. The van der Waals surface area contributed by atoms with Gasteiger partial charge in [-0.05, 0) is 49.7 Å². The van der Waals surface area contributed by atoms with E-state index in [0.29, 0.717) is 18.4 Å². The minimum absolute atomic E-state index is 0.0851. The molecule has 3 atom stereocenters. The molecule has 1 amide bonds. The first-order valence-electron chi connectivity index (χ1n) is 9.82. The normalized spacial score (nSPS) is 24.4. The molecule has 2 aliphatic rings. The zero-order valence-electron chi connectivity index (χ0n) is 16.3. The molecule has 3 rings (SSSR count). The van der Waals surface area contributed by atoms with Gasteiger partial charge in [0.05, 0.1) is 11.7 Å². The van der Waals surface area contributed by atoms with Crippen LogP contribution in [0.25, 0.3) is 11.1 Å². The van der Waals surface area contributed by atoms with Crippen molar-refractivity contribution >= 4 is 23.3 Å². The number of allylic oxidation sites excluding steroid dienone is 2. The van der Waals surface area contributed by atoms with Gasteiger partial charge >= 0.3 is 0 Å². The molecule has 2 fully saturated rings. The van der Waals surface area contributed by atoms with Crippen molar-refractivity contribution in [2.45, 2.75) is 39.2 Å². The second kappa shape index (κ2) is 8.17. The summed E-state index contributed by atoms with van der Waals surface area (Å²) in [5.41, 5.74) is 9.69. The minimum Gasteiger partial charge on any atom is -0.340 e. The van der Waals surface area contributed by atoms with Gasteiger partial charge in [-0.2, -0.15) is 0 Å². The summed E-state index contributed by atoms with van der Waals surface area (Å²) in [6, 6.07) is 3.56. The second-order valence-electron chi connectivity index (χ2n) is 7.96. The minimum atomic E-state index is -0.356. The molecule has 144 valence electrons. The Hall–Kier alpha value is -2.27. The van der Waals surface area contributed by atoms with E-state index in [1.165, 1.54) is 6.21 Å². The Kier molecular flexibility index (Phi) is 5.90. The summed E-state index contributed by atoms with van der Waals surface area (Å²) < 4.78 is 0. The molecule has 0 aromatic carbocycles. The lowest BCUT2D eigenvalue weighted by Crippen LogP contribution is -2.50. The van der Waals surface area contributed by atoms with E-state index in [9.17, 15) is 4.79 Å². The third-order valence-electron chi connectivity index (χ3n) is 5.77. The van der Waals surface area contributed by atoms with Crippen LogP contribution in [0.3, 0.4) is 0 Å². The molecule has 0 unspecified atom stereocenters. The number of aromatic nitrogens is 1. The fourth-order valence-electron chi connectivity index (χ4n) is 4.05. The highest BCUT2D eigenvalue weighted by Gasteiger charge is 2.38. The van der Waals surface area contributed by atoms with E-state index in [1.54, 1.807) is 6.20 Å². The quantitative estimate of drug-likeness (QED) is 0.757. The van der Waals surface area contributed by atoms with E-state index in [2.05, 4.69) is 18.5 Å². The highest BCUT2D eigenvalue weighted by Crippen LogP contribution is 2.36. The summed E-state index contributed by atoms with van der Waals surface area (Å²) in [5.74, 6) is 1.03. The molecule has 1 aromatic rings. The van der Waals surface area contributed by atoms with Gasteiger partial charge in [0, 0.05) is 42.6 Å². The van der Waals surface area contributed by atoms with Crippen LogP contribution in [-0.2, 0) is 4.79 Å². The average molecular weight is 367 g/mol. The lowest BCUT2D eigenvalue weighted by molar-refractivity contribution is -0.135. The Morgan fingerprint density at radius 3 is 2.81 bits per heavy atom. The van der Waals surface area contributed by atoms with Crippen molar-refractivity contribution in [2.24, 2.45) is 23.5 Å². The Labute approximate surface area is 161 Å². The van der Waals surface area contributed by atoms with Crippen LogP contribution in [0.5, 0.6) is 0 Å². The molecule has 1 aliphatic carbocycles. The van der Waals surface area contributed by atoms with Crippen molar-refractivity contribution in [3.05, 3.63) is 42.2 Å². The molecule has 0 radical (unpaired) electrons. The largest absolute Gasteiger partial charge is 0.340 e. The molecule has 3 N–H and O–H groups in total. The van der Waals surface area contributed by atoms with Gasteiger partial charge in [-0.25, -0.2) is 0 Å². The molecule has 0 spiro atoms. The number of piperidine rings is 1. The van der Waals surface area contributed by atoms with Crippen LogP contribution in [0.4, 0.5) is 0 Å². The molecule has 5 heteroatoms. The number of nitrogens with two attached hydrogens (primary N) is 1. The Morgan fingerprint density at radius 2 is 2.19 bits per heavy atom. The monoisotopic (exact) mass is 366 g/mol. The predicted molar refractivity (Wildman–Crippen MR) is 110 cm³/mol.